The molecule has 1 amide bonds. The average molecular weight is 382 g/mol. The van der Waals surface area contributed by atoms with Crippen LogP contribution in [0.15, 0.2) is 35.3 Å². The molecule has 0 unspecified atom stereocenters. The summed E-state index contributed by atoms with van der Waals surface area (Å²) in [6.45, 7) is 7.67. The van der Waals surface area contributed by atoms with Crippen LogP contribution in [0.4, 0.5) is 0 Å². The van der Waals surface area contributed by atoms with E-state index in [-0.39, 0.29) is 47.3 Å². The molecule has 0 bridgehead atoms. The van der Waals surface area contributed by atoms with Crippen LogP contribution in [-0.4, -0.2) is 33.9 Å². The number of pyridine rings is 1. The molecule has 2 aromatic rings. The Balaban J connectivity index is 1.90. The number of hydrogen-bond acceptors (Lipinski definition) is 5. The van der Waals surface area contributed by atoms with Crippen molar-refractivity contribution >= 4 is 17.3 Å². The molecule has 1 aliphatic carbocycles. The zero-order valence-corrected chi connectivity index (χ0v) is 16.3. The molecule has 1 aliphatic rings. The summed E-state index contributed by atoms with van der Waals surface area (Å²) in [6.07, 6.45) is 2.77. The Kier molecular flexibility index (Phi) is 6.09. The van der Waals surface area contributed by atoms with Crippen LogP contribution in [-0.2, 0) is 0 Å². The summed E-state index contributed by atoms with van der Waals surface area (Å²) >= 11 is 0. The number of amides is 1. The van der Waals surface area contributed by atoms with Crippen molar-refractivity contribution in [3.63, 3.8) is 0 Å². The van der Waals surface area contributed by atoms with E-state index in [1.165, 1.54) is 6.07 Å². The SMILES string of the molecule is C=C(c1cccc(C)n1)c1oc(C(=O)CC)cc1C(=O)NC1CCC(O)CC1. The zero-order chi connectivity index (χ0) is 20.3. The van der Waals surface area contributed by atoms with E-state index in [1.54, 1.807) is 13.0 Å². The zero-order valence-electron chi connectivity index (χ0n) is 16.3. The van der Waals surface area contributed by atoms with Crippen molar-refractivity contribution in [1.82, 2.24) is 10.3 Å². The number of nitrogens with one attached hydrogen (secondary N) is 1. The van der Waals surface area contributed by atoms with E-state index < -0.39 is 0 Å². The van der Waals surface area contributed by atoms with Crippen LogP contribution in [0.2, 0.25) is 0 Å². The van der Waals surface area contributed by atoms with Crippen molar-refractivity contribution in [1.29, 1.82) is 0 Å². The summed E-state index contributed by atoms with van der Waals surface area (Å²) in [5.74, 6) is -0.0612. The molecule has 1 fully saturated rings. The second-order valence-electron chi connectivity index (χ2n) is 7.25. The third-order valence-corrected chi connectivity index (χ3v) is 5.08. The normalized spacial score (nSPS) is 19.2. The Morgan fingerprint density at radius 1 is 1.29 bits per heavy atom. The summed E-state index contributed by atoms with van der Waals surface area (Å²) in [6, 6.07) is 7.01. The molecular formula is C22H26N2O4. The van der Waals surface area contributed by atoms with Crippen molar-refractivity contribution < 1.29 is 19.1 Å². The molecule has 0 aliphatic heterocycles. The first kappa shape index (κ1) is 20.0. The van der Waals surface area contributed by atoms with Gasteiger partial charge in [-0.3, -0.25) is 14.6 Å². The standard InChI is InChI=1S/C22H26N2O4/c1-4-19(26)20-12-17(22(27)24-15-8-10-16(25)11-9-15)21(28-20)14(3)18-7-5-6-13(2)23-18/h5-7,12,15-16,25H,3-4,8-11H2,1-2H3,(H,24,27). The Hall–Kier alpha value is -2.73. The molecular weight excluding hydrogens is 356 g/mol. The molecule has 0 aromatic carbocycles. The van der Waals surface area contributed by atoms with Crippen LogP contribution in [0.5, 0.6) is 0 Å². The van der Waals surface area contributed by atoms with Gasteiger partial charge in [0.25, 0.3) is 5.91 Å². The molecule has 0 atom stereocenters. The summed E-state index contributed by atoms with van der Waals surface area (Å²) in [4.78, 5) is 29.5. The monoisotopic (exact) mass is 382 g/mol. The molecule has 1 saturated carbocycles. The number of aromatic nitrogens is 1. The molecule has 6 nitrogen and oxygen atoms in total. The number of aryl methyl sites for hydroxylation is 1. The summed E-state index contributed by atoms with van der Waals surface area (Å²) in [5.41, 5.74) is 2.17. The van der Waals surface area contributed by atoms with Crippen LogP contribution >= 0.6 is 0 Å². The molecule has 2 heterocycles. The van der Waals surface area contributed by atoms with Crippen LogP contribution < -0.4 is 5.32 Å². The average Bonchev–Trinajstić information content (AvgIpc) is 3.14. The highest BCUT2D eigenvalue weighted by Crippen LogP contribution is 2.28. The lowest BCUT2D eigenvalue weighted by Crippen LogP contribution is -2.38. The number of carbonyl (C=O) groups is 2. The molecule has 0 saturated heterocycles. The number of aliphatic hydroxyl groups is 1. The number of nitrogens with zero attached hydrogens (tertiary/aromatic N) is 1. The van der Waals surface area contributed by atoms with Gasteiger partial charge in [-0.25, -0.2) is 0 Å². The number of hydrogen-bond donors (Lipinski definition) is 2. The third kappa shape index (κ3) is 4.39. The van der Waals surface area contributed by atoms with Gasteiger partial charge in [-0.2, -0.15) is 0 Å². The maximum atomic E-state index is 12.9. The molecule has 2 aromatic heterocycles. The number of furan rings is 1. The van der Waals surface area contributed by atoms with E-state index in [1.807, 2.05) is 19.1 Å². The highest BCUT2D eigenvalue weighted by molar-refractivity contribution is 6.03. The molecule has 28 heavy (non-hydrogen) atoms. The lowest BCUT2D eigenvalue weighted by Gasteiger charge is -2.26. The molecule has 0 spiro atoms. The van der Waals surface area contributed by atoms with Gasteiger partial charge in [-0.15, -0.1) is 0 Å². The van der Waals surface area contributed by atoms with E-state index >= 15 is 0 Å². The first-order valence-electron chi connectivity index (χ1n) is 9.68. The molecule has 3 rings (SSSR count). The van der Waals surface area contributed by atoms with Crippen LogP contribution in [0, 0.1) is 6.92 Å². The topological polar surface area (TPSA) is 92.4 Å². The van der Waals surface area contributed by atoms with E-state index in [4.69, 9.17) is 4.42 Å². The van der Waals surface area contributed by atoms with Gasteiger partial charge >= 0.3 is 0 Å². The van der Waals surface area contributed by atoms with Gasteiger partial charge in [0.15, 0.2) is 11.5 Å². The Bertz CT molecular complexity index is 892. The first-order valence-corrected chi connectivity index (χ1v) is 9.68. The largest absolute Gasteiger partial charge is 0.452 e. The van der Waals surface area contributed by atoms with Gasteiger partial charge in [-0.1, -0.05) is 19.6 Å². The molecule has 148 valence electrons. The van der Waals surface area contributed by atoms with Gasteiger partial charge in [0, 0.05) is 29.8 Å². The number of carbonyl (C=O) groups excluding carboxylic acids is 2. The number of aliphatic hydroxyl groups excluding tert-OH is 1. The second-order valence-corrected chi connectivity index (χ2v) is 7.25. The predicted octanol–water partition coefficient (Wildman–Crippen LogP) is 3.67. The van der Waals surface area contributed by atoms with Crippen LogP contribution in [0.25, 0.3) is 5.57 Å². The van der Waals surface area contributed by atoms with Gasteiger partial charge < -0.3 is 14.8 Å². The van der Waals surface area contributed by atoms with Crippen molar-refractivity contribution in [2.45, 2.75) is 58.1 Å². The highest BCUT2D eigenvalue weighted by Gasteiger charge is 2.27. The Morgan fingerprint density at radius 3 is 2.64 bits per heavy atom. The van der Waals surface area contributed by atoms with Gasteiger partial charge in [0.05, 0.1) is 17.4 Å². The van der Waals surface area contributed by atoms with E-state index in [9.17, 15) is 14.7 Å². The smallest absolute Gasteiger partial charge is 0.255 e. The summed E-state index contributed by atoms with van der Waals surface area (Å²) in [5, 5.41) is 12.7. The fourth-order valence-electron chi connectivity index (χ4n) is 3.41. The van der Waals surface area contributed by atoms with Gasteiger partial charge in [0.2, 0.25) is 0 Å². The molecule has 6 heteroatoms. The van der Waals surface area contributed by atoms with Gasteiger partial charge in [-0.05, 0) is 44.7 Å². The number of Topliss-reactive ketones (excluding diaryl/α,β-unsaturated/α-hetero) is 1. The summed E-state index contributed by atoms with van der Waals surface area (Å²) in [7, 11) is 0. The molecule has 0 radical (unpaired) electrons. The van der Waals surface area contributed by atoms with E-state index in [0.717, 1.165) is 18.5 Å². The predicted molar refractivity (Wildman–Crippen MR) is 106 cm³/mol. The van der Waals surface area contributed by atoms with Crippen molar-refractivity contribution in [2.75, 3.05) is 0 Å². The van der Waals surface area contributed by atoms with Crippen molar-refractivity contribution in [2.24, 2.45) is 0 Å². The van der Waals surface area contributed by atoms with Crippen molar-refractivity contribution in [3.8, 4) is 0 Å². The Morgan fingerprint density at radius 2 is 2.00 bits per heavy atom. The quantitative estimate of drug-likeness (QED) is 0.744. The highest BCUT2D eigenvalue weighted by atomic mass is 16.3. The maximum Gasteiger partial charge on any atom is 0.255 e. The lowest BCUT2D eigenvalue weighted by molar-refractivity contribution is 0.0866. The molecule has 2 N–H and O–H groups in total. The fraction of sp³-hybridized carbons (Fsp3) is 0.409. The minimum absolute atomic E-state index is 0.00524. The summed E-state index contributed by atoms with van der Waals surface area (Å²) < 4.78 is 5.76. The van der Waals surface area contributed by atoms with Crippen molar-refractivity contribution in [3.05, 3.63) is 59.3 Å². The fourth-order valence-corrected chi connectivity index (χ4v) is 3.41. The van der Waals surface area contributed by atoms with Crippen LogP contribution in [0.1, 0.15) is 77.1 Å². The van der Waals surface area contributed by atoms with E-state index in [2.05, 4.69) is 16.9 Å². The van der Waals surface area contributed by atoms with E-state index in [0.29, 0.717) is 24.1 Å². The van der Waals surface area contributed by atoms with Crippen LogP contribution in [0.3, 0.4) is 0 Å². The minimum Gasteiger partial charge on any atom is -0.452 e. The second kappa shape index (κ2) is 8.52. The third-order valence-electron chi connectivity index (χ3n) is 5.08. The Labute approximate surface area is 164 Å². The first-order chi connectivity index (χ1) is 13.4. The maximum absolute atomic E-state index is 12.9. The lowest BCUT2D eigenvalue weighted by atomic mass is 9.93. The number of ketones is 1. The van der Waals surface area contributed by atoms with Gasteiger partial charge in [0.1, 0.15) is 5.76 Å². The minimum atomic E-state index is -0.302. The number of rotatable bonds is 6.